The third kappa shape index (κ3) is 20.7. The average Bonchev–Trinajstić information content (AvgIpc) is 2.28. The zero-order chi connectivity index (χ0) is 14.4. The standard InChI is InChI=1S/C7H14O3.C6H14O2/c1-4-9-6(2)5-10-7(3)8;1-3-4-8-5-6(2)7/h6H,4-5H2,1-3H3;6-7H,3-5H2,1-2H3. The fourth-order valence-corrected chi connectivity index (χ4v) is 0.966. The summed E-state index contributed by atoms with van der Waals surface area (Å²) in [5.74, 6) is -0.258. The first kappa shape index (κ1) is 19.7. The third-order valence-electron chi connectivity index (χ3n) is 1.68. The molecule has 0 bridgehead atoms. The molecule has 2 atom stereocenters. The van der Waals surface area contributed by atoms with Gasteiger partial charge >= 0.3 is 5.97 Å². The van der Waals surface area contributed by atoms with Crippen LogP contribution in [0.1, 0.15) is 41.0 Å². The predicted octanol–water partition coefficient (Wildman–Crippen LogP) is 1.77. The van der Waals surface area contributed by atoms with Gasteiger partial charge in [0.1, 0.15) is 6.61 Å². The molecule has 0 rings (SSSR count). The molecular formula is C13H28O5. The summed E-state index contributed by atoms with van der Waals surface area (Å²) >= 11 is 0. The Morgan fingerprint density at radius 2 is 1.83 bits per heavy atom. The highest BCUT2D eigenvalue weighted by Gasteiger charge is 2.01. The molecule has 0 aliphatic rings. The Bertz CT molecular complexity index is 182. The van der Waals surface area contributed by atoms with Crippen LogP contribution < -0.4 is 0 Å². The summed E-state index contributed by atoms with van der Waals surface area (Å²) < 4.78 is 14.8. The smallest absolute Gasteiger partial charge is 0.302 e. The van der Waals surface area contributed by atoms with Gasteiger partial charge in [-0.05, 0) is 27.2 Å². The van der Waals surface area contributed by atoms with Crippen LogP contribution in [-0.2, 0) is 19.0 Å². The largest absolute Gasteiger partial charge is 0.463 e. The first-order valence-corrected chi connectivity index (χ1v) is 6.44. The molecule has 0 aromatic carbocycles. The van der Waals surface area contributed by atoms with E-state index in [1.165, 1.54) is 6.92 Å². The molecule has 0 radical (unpaired) electrons. The van der Waals surface area contributed by atoms with Crippen molar-refractivity contribution >= 4 is 5.97 Å². The van der Waals surface area contributed by atoms with Gasteiger partial charge in [-0.1, -0.05) is 6.92 Å². The lowest BCUT2D eigenvalue weighted by Gasteiger charge is -2.10. The van der Waals surface area contributed by atoms with E-state index >= 15 is 0 Å². The maximum Gasteiger partial charge on any atom is 0.302 e. The Kier molecular flexibility index (Phi) is 15.8. The number of aliphatic hydroxyl groups is 1. The molecule has 18 heavy (non-hydrogen) atoms. The zero-order valence-corrected chi connectivity index (χ0v) is 12.3. The normalized spacial score (nSPS) is 13.2. The second-order valence-corrected chi connectivity index (χ2v) is 3.99. The molecule has 0 fully saturated rings. The number of carbonyl (C=O) groups is 1. The molecule has 110 valence electrons. The van der Waals surface area contributed by atoms with Gasteiger partial charge in [-0.25, -0.2) is 0 Å². The Morgan fingerprint density at radius 1 is 1.22 bits per heavy atom. The van der Waals surface area contributed by atoms with Gasteiger partial charge in [0.15, 0.2) is 0 Å². The van der Waals surface area contributed by atoms with Crippen molar-refractivity contribution in [3.63, 3.8) is 0 Å². The molecule has 0 spiro atoms. The van der Waals surface area contributed by atoms with Gasteiger partial charge < -0.3 is 19.3 Å². The summed E-state index contributed by atoms with van der Waals surface area (Å²) in [6.07, 6.45) is 0.711. The molecule has 0 aliphatic carbocycles. The summed E-state index contributed by atoms with van der Waals surface area (Å²) in [4.78, 5) is 10.3. The maximum absolute atomic E-state index is 10.3. The van der Waals surface area contributed by atoms with Gasteiger partial charge in [-0.2, -0.15) is 0 Å². The first-order chi connectivity index (χ1) is 8.43. The molecule has 0 aromatic heterocycles. The van der Waals surface area contributed by atoms with Crippen molar-refractivity contribution in [3.05, 3.63) is 0 Å². The predicted molar refractivity (Wildman–Crippen MR) is 70.5 cm³/mol. The van der Waals surface area contributed by atoms with Crippen molar-refractivity contribution in [3.8, 4) is 0 Å². The topological polar surface area (TPSA) is 65.0 Å². The second kappa shape index (κ2) is 14.4. The second-order valence-electron chi connectivity index (χ2n) is 3.99. The van der Waals surface area contributed by atoms with Gasteiger partial charge in [0, 0.05) is 20.1 Å². The Hall–Kier alpha value is -0.650. The quantitative estimate of drug-likeness (QED) is 0.534. The van der Waals surface area contributed by atoms with E-state index in [0.29, 0.717) is 19.8 Å². The van der Waals surface area contributed by atoms with Crippen LogP contribution in [0.25, 0.3) is 0 Å². The van der Waals surface area contributed by atoms with E-state index in [1.807, 2.05) is 20.8 Å². The Labute approximate surface area is 110 Å². The number of carbonyl (C=O) groups excluding carboxylic acids is 1. The molecular weight excluding hydrogens is 236 g/mol. The molecule has 0 aromatic rings. The number of hydrogen-bond acceptors (Lipinski definition) is 5. The minimum Gasteiger partial charge on any atom is -0.463 e. The van der Waals surface area contributed by atoms with Gasteiger partial charge in [-0.3, -0.25) is 4.79 Å². The lowest BCUT2D eigenvalue weighted by molar-refractivity contribution is -0.144. The van der Waals surface area contributed by atoms with Crippen molar-refractivity contribution in [1.29, 1.82) is 0 Å². The fraction of sp³-hybridized carbons (Fsp3) is 0.923. The zero-order valence-electron chi connectivity index (χ0n) is 12.3. The molecule has 0 heterocycles. The van der Waals surface area contributed by atoms with E-state index in [9.17, 15) is 4.79 Å². The SMILES string of the molecule is CCCOCC(C)O.CCOC(C)COC(C)=O. The summed E-state index contributed by atoms with van der Waals surface area (Å²) in [6, 6.07) is 0. The minimum atomic E-state index is -0.318. The lowest BCUT2D eigenvalue weighted by Crippen LogP contribution is -2.17. The average molecular weight is 264 g/mol. The van der Waals surface area contributed by atoms with E-state index < -0.39 is 0 Å². The maximum atomic E-state index is 10.3. The number of esters is 1. The molecule has 0 saturated carbocycles. The molecule has 0 aliphatic heterocycles. The Balaban J connectivity index is 0. The molecule has 1 N–H and O–H groups in total. The van der Waals surface area contributed by atoms with E-state index in [1.54, 1.807) is 6.92 Å². The van der Waals surface area contributed by atoms with Crippen LogP contribution >= 0.6 is 0 Å². The van der Waals surface area contributed by atoms with Crippen molar-refractivity contribution in [2.24, 2.45) is 0 Å². The monoisotopic (exact) mass is 264 g/mol. The van der Waals surface area contributed by atoms with Crippen molar-refractivity contribution < 1.29 is 24.1 Å². The molecule has 5 heteroatoms. The fourth-order valence-electron chi connectivity index (χ4n) is 0.966. The summed E-state index contributed by atoms with van der Waals surface area (Å²) in [5, 5.41) is 8.65. The molecule has 2 unspecified atom stereocenters. The highest BCUT2D eigenvalue weighted by Crippen LogP contribution is 1.91. The van der Waals surface area contributed by atoms with Gasteiger partial charge in [-0.15, -0.1) is 0 Å². The highest BCUT2D eigenvalue weighted by atomic mass is 16.6. The first-order valence-electron chi connectivity index (χ1n) is 6.44. The molecule has 0 saturated heterocycles. The van der Waals surface area contributed by atoms with Gasteiger partial charge in [0.05, 0.1) is 18.8 Å². The minimum absolute atomic E-state index is 0.00824. The van der Waals surface area contributed by atoms with Gasteiger partial charge in [0.25, 0.3) is 0 Å². The van der Waals surface area contributed by atoms with Crippen LogP contribution in [0.5, 0.6) is 0 Å². The van der Waals surface area contributed by atoms with Crippen LogP contribution in [0.2, 0.25) is 0 Å². The van der Waals surface area contributed by atoms with E-state index in [2.05, 4.69) is 0 Å². The number of rotatable bonds is 8. The summed E-state index contributed by atoms with van der Waals surface area (Å²) in [7, 11) is 0. The molecule has 0 amide bonds. The number of aliphatic hydroxyl groups excluding tert-OH is 1. The van der Waals surface area contributed by atoms with Crippen molar-refractivity contribution in [2.75, 3.05) is 26.4 Å². The van der Waals surface area contributed by atoms with Crippen LogP contribution in [0.15, 0.2) is 0 Å². The molecule has 5 nitrogen and oxygen atoms in total. The van der Waals surface area contributed by atoms with E-state index in [4.69, 9.17) is 19.3 Å². The van der Waals surface area contributed by atoms with Crippen LogP contribution in [-0.4, -0.2) is 49.7 Å². The lowest BCUT2D eigenvalue weighted by atomic mass is 10.4. The highest BCUT2D eigenvalue weighted by molar-refractivity contribution is 5.65. The van der Waals surface area contributed by atoms with Crippen LogP contribution in [0.3, 0.4) is 0 Å². The Morgan fingerprint density at radius 3 is 2.22 bits per heavy atom. The van der Waals surface area contributed by atoms with E-state index in [0.717, 1.165) is 13.0 Å². The van der Waals surface area contributed by atoms with E-state index in [-0.39, 0.29) is 18.2 Å². The van der Waals surface area contributed by atoms with Crippen LogP contribution in [0, 0.1) is 0 Å². The van der Waals surface area contributed by atoms with Gasteiger partial charge in [0.2, 0.25) is 0 Å². The van der Waals surface area contributed by atoms with Crippen molar-refractivity contribution in [1.82, 2.24) is 0 Å². The van der Waals surface area contributed by atoms with Crippen molar-refractivity contribution in [2.45, 2.75) is 53.2 Å². The summed E-state index contributed by atoms with van der Waals surface area (Å²) in [6.45, 7) is 11.2. The number of ether oxygens (including phenoxy) is 3. The third-order valence-corrected chi connectivity index (χ3v) is 1.68. The number of hydrogen-bond donors (Lipinski definition) is 1. The van der Waals surface area contributed by atoms with Crippen LogP contribution in [0.4, 0.5) is 0 Å². The summed E-state index contributed by atoms with van der Waals surface area (Å²) in [5.41, 5.74) is 0.